The Morgan fingerprint density at radius 2 is 2.22 bits per heavy atom. The van der Waals surface area contributed by atoms with Crippen molar-refractivity contribution in [2.45, 2.75) is 51.0 Å². The normalized spacial score (nSPS) is 38.7. The molecule has 0 aromatic heterocycles. The lowest BCUT2D eigenvalue weighted by atomic mass is 9.47. The van der Waals surface area contributed by atoms with Gasteiger partial charge in [-0.05, 0) is 54.5 Å². The Morgan fingerprint density at radius 1 is 1.39 bits per heavy atom. The van der Waals surface area contributed by atoms with Crippen LogP contribution in [0.15, 0.2) is 18.2 Å². The van der Waals surface area contributed by atoms with E-state index < -0.39 is 0 Å². The van der Waals surface area contributed by atoms with Crippen molar-refractivity contribution in [2.75, 3.05) is 13.7 Å². The molecule has 2 fully saturated rings. The fourth-order valence-electron chi connectivity index (χ4n) is 5.87. The third-order valence-electron chi connectivity index (χ3n) is 6.91. The molecule has 1 heterocycles. The lowest BCUT2D eigenvalue weighted by Gasteiger charge is -2.59. The molecule has 1 aliphatic heterocycles. The van der Waals surface area contributed by atoms with Crippen LogP contribution in [-0.4, -0.2) is 25.5 Å². The Labute approximate surface area is 138 Å². The van der Waals surface area contributed by atoms with Gasteiger partial charge >= 0.3 is 0 Å². The summed E-state index contributed by atoms with van der Waals surface area (Å²) >= 11 is 0. The molecule has 0 spiro atoms. The van der Waals surface area contributed by atoms with Crippen LogP contribution < -0.4 is 10.1 Å². The summed E-state index contributed by atoms with van der Waals surface area (Å²) in [5, 5.41) is 3.77. The topological polar surface area (TPSA) is 38.3 Å². The molecule has 2 unspecified atom stereocenters. The summed E-state index contributed by atoms with van der Waals surface area (Å²) in [6.07, 6.45) is 3.97. The summed E-state index contributed by atoms with van der Waals surface area (Å²) < 4.78 is 5.49. The third kappa shape index (κ3) is 2.02. The Hall–Kier alpha value is -1.35. The van der Waals surface area contributed by atoms with Crippen LogP contribution in [0.2, 0.25) is 0 Å². The number of rotatable bonds is 2. The summed E-state index contributed by atoms with van der Waals surface area (Å²) in [7, 11) is 1.73. The predicted molar refractivity (Wildman–Crippen MR) is 90.8 cm³/mol. The van der Waals surface area contributed by atoms with E-state index in [1.165, 1.54) is 11.1 Å². The number of benzene rings is 1. The fourth-order valence-corrected chi connectivity index (χ4v) is 5.87. The first kappa shape index (κ1) is 15.2. The Morgan fingerprint density at radius 3 is 2.96 bits per heavy atom. The fraction of sp³-hybridized carbons (Fsp3) is 0.650. The molecule has 4 rings (SSSR count). The van der Waals surface area contributed by atoms with Crippen molar-refractivity contribution in [3.8, 4) is 5.75 Å². The molecule has 23 heavy (non-hydrogen) atoms. The van der Waals surface area contributed by atoms with E-state index in [9.17, 15) is 4.79 Å². The zero-order valence-electron chi connectivity index (χ0n) is 14.4. The Kier molecular flexibility index (Phi) is 3.53. The minimum Gasteiger partial charge on any atom is -0.497 e. The second kappa shape index (κ2) is 5.34. The third-order valence-corrected chi connectivity index (χ3v) is 6.91. The maximum atomic E-state index is 12.8. The van der Waals surface area contributed by atoms with Gasteiger partial charge in [0.1, 0.15) is 11.5 Å². The number of fused-ring (bicyclic) bond motifs is 1. The van der Waals surface area contributed by atoms with Gasteiger partial charge in [0.05, 0.1) is 7.11 Å². The molecular formula is C20H27NO2. The molecular weight excluding hydrogens is 286 g/mol. The Bertz CT molecular complexity index is 641. The second-order valence-corrected chi connectivity index (χ2v) is 7.72. The lowest BCUT2D eigenvalue weighted by Crippen LogP contribution is -2.64. The number of hydrogen-bond donors (Lipinski definition) is 1. The van der Waals surface area contributed by atoms with Crippen molar-refractivity contribution in [1.82, 2.24) is 5.32 Å². The highest BCUT2D eigenvalue weighted by molar-refractivity contribution is 5.84. The van der Waals surface area contributed by atoms with Gasteiger partial charge in [-0.25, -0.2) is 0 Å². The van der Waals surface area contributed by atoms with Crippen LogP contribution >= 0.6 is 0 Å². The number of ketones is 1. The number of piperidine rings is 1. The quantitative estimate of drug-likeness (QED) is 0.912. The molecule has 0 radical (unpaired) electrons. The van der Waals surface area contributed by atoms with Gasteiger partial charge in [0, 0.05) is 23.8 Å². The molecule has 2 aliphatic carbocycles. The van der Waals surface area contributed by atoms with Crippen molar-refractivity contribution in [3.05, 3.63) is 29.3 Å². The lowest BCUT2D eigenvalue weighted by molar-refractivity contribution is -0.134. The molecule has 1 aromatic rings. The van der Waals surface area contributed by atoms with Crippen molar-refractivity contribution >= 4 is 5.78 Å². The highest BCUT2D eigenvalue weighted by Gasteiger charge is 2.58. The van der Waals surface area contributed by atoms with E-state index in [4.69, 9.17) is 4.74 Å². The van der Waals surface area contributed by atoms with Crippen LogP contribution in [0.4, 0.5) is 0 Å². The summed E-state index contributed by atoms with van der Waals surface area (Å²) in [6.45, 7) is 5.43. The van der Waals surface area contributed by atoms with Gasteiger partial charge in [0.15, 0.2) is 0 Å². The molecule has 5 atom stereocenters. The molecule has 0 amide bonds. The molecule has 3 aliphatic rings. The summed E-state index contributed by atoms with van der Waals surface area (Å²) in [5.74, 6) is 2.66. The first-order valence-electron chi connectivity index (χ1n) is 9.04. The average Bonchev–Trinajstić information content (AvgIpc) is 2.55. The highest BCUT2D eigenvalue weighted by atomic mass is 16.5. The minimum atomic E-state index is 0.0301. The smallest absolute Gasteiger partial charge is 0.136 e. The monoisotopic (exact) mass is 313 g/mol. The van der Waals surface area contributed by atoms with E-state index >= 15 is 0 Å². The number of hydrogen-bond acceptors (Lipinski definition) is 3. The zero-order valence-corrected chi connectivity index (χ0v) is 14.4. The van der Waals surface area contributed by atoms with Gasteiger partial charge in [-0.15, -0.1) is 0 Å². The van der Waals surface area contributed by atoms with Crippen molar-refractivity contribution in [1.29, 1.82) is 0 Å². The highest BCUT2D eigenvalue weighted by Crippen LogP contribution is 2.57. The van der Waals surface area contributed by atoms with Gasteiger partial charge in [0.2, 0.25) is 0 Å². The number of methoxy groups -OCH3 is 1. The molecule has 124 valence electrons. The van der Waals surface area contributed by atoms with Gasteiger partial charge in [0.25, 0.3) is 0 Å². The van der Waals surface area contributed by atoms with Crippen molar-refractivity contribution in [2.24, 2.45) is 17.8 Å². The maximum Gasteiger partial charge on any atom is 0.136 e. The van der Waals surface area contributed by atoms with E-state index in [1.54, 1.807) is 7.11 Å². The van der Waals surface area contributed by atoms with Gasteiger partial charge in [-0.1, -0.05) is 26.3 Å². The summed E-state index contributed by atoms with van der Waals surface area (Å²) in [5.41, 5.74) is 2.84. The maximum absolute atomic E-state index is 12.8. The first-order chi connectivity index (χ1) is 11.1. The Balaban J connectivity index is 1.91. The van der Waals surface area contributed by atoms with Crippen LogP contribution in [-0.2, 0) is 16.6 Å². The number of carbonyl (C=O) groups excluding carboxylic acids is 1. The molecule has 1 N–H and O–H groups in total. The van der Waals surface area contributed by atoms with E-state index in [0.717, 1.165) is 31.6 Å². The zero-order chi connectivity index (χ0) is 16.2. The van der Waals surface area contributed by atoms with E-state index in [0.29, 0.717) is 30.1 Å². The first-order valence-corrected chi connectivity index (χ1v) is 9.04. The number of ether oxygens (including phenoxy) is 1. The van der Waals surface area contributed by atoms with Crippen LogP contribution in [0, 0.1) is 17.8 Å². The number of nitrogens with one attached hydrogen (secondary N) is 1. The summed E-state index contributed by atoms with van der Waals surface area (Å²) in [6, 6.07) is 7.02. The van der Waals surface area contributed by atoms with E-state index in [-0.39, 0.29) is 11.3 Å². The summed E-state index contributed by atoms with van der Waals surface area (Å²) in [4.78, 5) is 12.8. The minimum absolute atomic E-state index is 0.0301. The van der Waals surface area contributed by atoms with Crippen LogP contribution in [0.25, 0.3) is 0 Å². The number of carbonyl (C=O) groups is 1. The molecule has 1 aromatic carbocycles. The molecule has 2 bridgehead atoms. The average molecular weight is 313 g/mol. The molecule has 1 saturated carbocycles. The largest absolute Gasteiger partial charge is 0.497 e. The van der Waals surface area contributed by atoms with Crippen LogP contribution in [0.5, 0.6) is 5.75 Å². The van der Waals surface area contributed by atoms with Crippen LogP contribution in [0.1, 0.15) is 44.2 Å². The molecule has 3 heteroatoms. The SMILES string of the molecule is CCC1C(C)C(=O)C[C@]23CCN[C@H](Cc4ccc(OC)cc42)[C@H]13. The van der Waals surface area contributed by atoms with Gasteiger partial charge < -0.3 is 10.1 Å². The van der Waals surface area contributed by atoms with Gasteiger partial charge in [-0.2, -0.15) is 0 Å². The van der Waals surface area contributed by atoms with Gasteiger partial charge in [-0.3, -0.25) is 4.79 Å². The van der Waals surface area contributed by atoms with Crippen LogP contribution in [0.3, 0.4) is 0 Å². The predicted octanol–water partition coefficient (Wildman–Crippen LogP) is 3.10. The van der Waals surface area contributed by atoms with Crippen molar-refractivity contribution in [3.63, 3.8) is 0 Å². The molecule has 1 saturated heterocycles. The molecule has 3 nitrogen and oxygen atoms in total. The second-order valence-electron chi connectivity index (χ2n) is 7.72. The van der Waals surface area contributed by atoms with Crippen molar-refractivity contribution < 1.29 is 9.53 Å². The number of Topliss-reactive ketones (excluding diaryl/α,β-unsaturated/α-hetero) is 1. The van der Waals surface area contributed by atoms with E-state index in [2.05, 4.69) is 37.4 Å². The van der Waals surface area contributed by atoms with E-state index in [1.807, 2.05) is 0 Å². The standard InChI is InChI=1S/C20H27NO2/c1-4-15-12(2)18(22)11-20-7-8-21-17(19(15)20)9-13-5-6-14(23-3)10-16(13)20/h5-6,10,12,15,17,19,21H,4,7-9,11H2,1-3H3/t12?,15?,17-,19+,20-/m1/s1.